The lowest BCUT2D eigenvalue weighted by molar-refractivity contribution is 0.452. The van der Waals surface area contributed by atoms with Crippen LogP contribution >= 0.6 is 27.5 Å². The summed E-state index contributed by atoms with van der Waals surface area (Å²) in [7, 11) is -2.98. The van der Waals surface area contributed by atoms with Crippen molar-refractivity contribution < 1.29 is 8.42 Å². The van der Waals surface area contributed by atoms with Gasteiger partial charge in [0, 0.05) is 18.5 Å². The molecule has 1 saturated carbocycles. The lowest BCUT2D eigenvalue weighted by atomic mass is 9.95. The Bertz CT molecular complexity index is 567. The van der Waals surface area contributed by atoms with E-state index >= 15 is 0 Å². The molecule has 0 saturated heterocycles. The lowest BCUT2D eigenvalue weighted by Gasteiger charge is -2.29. The first-order chi connectivity index (χ1) is 8.86. The number of nitrogens with zero attached hydrogens (tertiary/aromatic N) is 2. The van der Waals surface area contributed by atoms with Crippen LogP contribution in [-0.4, -0.2) is 35.9 Å². The summed E-state index contributed by atoms with van der Waals surface area (Å²) in [5.74, 6) is 0.610. The van der Waals surface area contributed by atoms with Crippen LogP contribution in [0.2, 0.25) is 5.28 Å². The topological polar surface area (TPSA) is 72.0 Å². The zero-order chi connectivity index (χ0) is 14.0. The quantitative estimate of drug-likeness (QED) is 0.830. The molecule has 0 amide bonds. The van der Waals surface area contributed by atoms with Gasteiger partial charge in [0.1, 0.15) is 15.7 Å². The number of rotatable bonds is 3. The van der Waals surface area contributed by atoms with Gasteiger partial charge in [-0.2, -0.15) is 4.98 Å². The zero-order valence-electron chi connectivity index (χ0n) is 10.4. The normalized spacial score (nSPS) is 24.2. The second kappa shape index (κ2) is 5.93. The van der Waals surface area contributed by atoms with Gasteiger partial charge < -0.3 is 5.32 Å². The molecule has 0 aromatic carbocycles. The summed E-state index contributed by atoms with van der Waals surface area (Å²) in [6, 6.07) is 0.0933. The maximum atomic E-state index is 11.6. The number of hydrogen-bond acceptors (Lipinski definition) is 5. The summed E-state index contributed by atoms with van der Waals surface area (Å²) in [6.07, 6.45) is 6.05. The van der Waals surface area contributed by atoms with Crippen molar-refractivity contribution in [2.75, 3.05) is 11.6 Å². The molecule has 1 aliphatic rings. The number of halogens is 2. The third kappa shape index (κ3) is 4.03. The molecule has 2 unspecified atom stereocenters. The predicted octanol–water partition coefficient (Wildman–Crippen LogP) is 2.66. The number of hydrogen-bond donors (Lipinski definition) is 1. The van der Waals surface area contributed by atoms with Crippen molar-refractivity contribution in [2.24, 2.45) is 0 Å². The molecule has 19 heavy (non-hydrogen) atoms. The van der Waals surface area contributed by atoms with E-state index in [9.17, 15) is 8.42 Å². The van der Waals surface area contributed by atoms with E-state index in [1.54, 1.807) is 6.20 Å². The fourth-order valence-electron chi connectivity index (χ4n) is 2.31. The van der Waals surface area contributed by atoms with Crippen molar-refractivity contribution in [3.8, 4) is 0 Å². The Hall–Kier alpha value is -0.400. The Morgan fingerprint density at radius 3 is 2.89 bits per heavy atom. The molecule has 1 aromatic heterocycles. The Kier molecular flexibility index (Phi) is 4.68. The van der Waals surface area contributed by atoms with Crippen molar-refractivity contribution in [3.63, 3.8) is 0 Å². The highest BCUT2D eigenvalue weighted by Gasteiger charge is 2.29. The van der Waals surface area contributed by atoms with Crippen LogP contribution in [0, 0.1) is 0 Å². The highest BCUT2D eigenvalue weighted by atomic mass is 79.9. The average molecular weight is 369 g/mol. The van der Waals surface area contributed by atoms with Gasteiger partial charge in [-0.05, 0) is 46.8 Å². The van der Waals surface area contributed by atoms with Gasteiger partial charge in [0.15, 0.2) is 0 Å². The van der Waals surface area contributed by atoms with E-state index < -0.39 is 9.84 Å². The first-order valence-electron chi connectivity index (χ1n) is 5.99. The third-order valence-corrected chi connectivity index (χ3v) is 5.69. The van der Waals surface area contributed by atoms with Gasteiger partial charge in [-0.3, -0.25) is 0 Å². The van der Waals surface area contributed by atoms with Crippen LogP contribution in [0.5, 0.6) is 0 Å². The molecule has 1 fully saturated rings. The molecule has 106 valence electrons. The fraction of sp³-hybridized carbons (Fsp3) is 0.636. The second-order valence-corrected chi connectivity index (χ2v) is 8.31. The molecule has 5 nitrogen and oxygen atoms in total. The summed E-state index contributed by atoms with van der Waals surface area (Å²) >= 11 is 9.10. The van der Waals surface area contributed by atoms with Gasteiger partial charge in [0.25, 0.3) is 0 Å². The molecular formula is C11H15BrClN3O2S. The minimum atomic E-state index is -2.98. The SMILES string of the molecule is CS(=O)(=O)C1CCCC(Nc2nc(Cl)ncc2Br)C1. The summed E-state index contributed by atoms with van der Waals surface area (Å²) in [5.41, 5.74) is 0. The third-order valence-electron chi connectivity index (χ3n) is 3.29. The molecule has 1 heterocycles. The van der Waals surface area contributed by atoms with E-state index in [1.165, 1.54) is 6.26 Å². The van der Waals surface area contributed by atoms with Crippen LogP contribution in [0.3, 0.4) is 0 Å². The van der Waals surface area contributed by atoms with Crippen LogP contribution in [-0.2, 0) is 9.84 Å². The molecule has 0 bridgehead atoms. The largest absolute Gasteiger partial charge is 0.366 e. The van der Waals surface area contributed by atoms with Gasteiger partial charge in [0.05, 0.1) is 9.72 Å². The molecule has 2 rings (SSSR count). The van der Waals surface area contributed by atoms with Crippen LogP contribution in [0.1, 0.15) is 25.7 Å². The standard InChI is InChI=1S/C11H15BrClN3O2S/c1-19(17,18)8-4-2-3-7(5-8)15-10-9(12)6-14-11(13)16-10/h6-8H,2-5H2,1H3,(H,14,15,16). The van der Waals surface area contributed by atoms with Gasteiger partial charge in [-0.25, -0.2) is 13.4 Å². The van der Waals surface area contributed by atoms with E-state index in [1.807, 2.05) is 0 Å². The first kappa shape index (κ1) is 15.0. The molecule has 1 N–H and O–H groups in total. The van der Waals surface area contributed by atoms with E-state index in [2.05, 4.69) is 31.2 Å². The van der Waals surface area contributed by atoms with Crippen LogP contribution < -0.4 is 5.32 Å². The Morgan fingerprint density at radius 1 is 1.47 bits per heavy atom. The summed E-state index contributed by atoms with van der Waals surface area (Å²) in [4.78, 5) is 7.96. The lowest BCUT2D eigenvalue weighted by Crippen LogP contribution is -2.34. The van der Waals surface area contributed by atoms with E-state index in [-0.39, 0.29) is 16.6 Å². The highest BCUT2D eigenvalue weighted by Crippen LogP contribution is 2.28. The second-order valence-electron chi connectivity index (χ2n) is 4.79. The molecule has 0 radical (unpaired) electrons. The molecule has 2 atom stereocenters. The summed E-state index contributed by atoms with van der Waals surface area (Å²) < 4.78 is 24.0. The van der Waals surface area contributed by atoms with Gasteiger partial charge in [-0.1, -0.05) is 6.42 Å². The maximum Gasteiger partial charge on any atom is 0.224 e. The van der Waals surface area contributed by atoms with Crippen molar-refractivity contribution in [1.82, 2.24) is 9.97 Å². The van der Waals surface area contributed by atoms with Crippen molar-refractivity contribution in [3.05, 3.63) is 16.0 Å². The van der Waals surface area contributed by atoms with Gasteiger partial charge in [0.2, 0.25) is 5.28 Å². The van der Waals surface area contributed by atoms with E-state index in [4.69, 9.17) is 11.6 Å². The Balaban J connectivity index is 2.09. The smallest absolute Gasteiger partial charge is 0.224 e. The van der Waals surface area contributed by atoms with Crippen molar-refractivity contribution in [1.29, 1.82) is 0 Å². The average Bonchev–Trinajstić information content (AvgIpc) is 2.33. The molecule has 0 aliphatic heterocycles. The molecule has 0 spiro atoms. The fourth-order valence-corrected chi connectivity index (χ4v) is 3.92. The molecule has 1 aromatic rings. The summed E-state index contributed by atoms with van der Waals surface area (Å²) in [5, 5.41) is 3.14. The van der Waals surface area contributed by atoms with Crippen molar-refractivity contribution in [2.45, 2.75) is 37.0 Å². The minimum absolute atomic E-state index is 0.0933. The Morgan fingerprint density at radius 2 is 2.21 bits per heavy atom. The molecular weight excluding hydrogens is 354 g/mol. The monoisotopic (exact) mass is 367 g/mol. The maximum absolute atomic E-state index is 11.6. The van der Waals surface area contributed by atoms with Crippen LogP contribution in [0.15, 0.2) is 10.7 Å². The number of sulfone groups is 1. The minimum Gasteiger partial charge on any atom is -0.366 e. The van der Waals surface area contributed by atoms with E-state index in [0.29, 0.717) is 12.2 Å². The molecule has 8 heteroatoms. The van der Waals surface area contributed by atoms with Crippen LogP contribution in [0.25, 0.3) is 0 Å². The number of aromatic nitrogens is 2. The zero-order valence-corrected chi connectivity index (χ0v) is 13.6. The van der Waals surface area contributed by atoms with Gasteiger partial charge >= 0.3 is 0 Å². The Labute approximate surface area is 126 Å². The van der Waals surface area contributed by atoms with Crippen molar-refractivity contribution >= 4 is 43.2 Å². The van der Waals surface area contributed by atoms with E-state index in [0.717, 1.165) is 23.7 Å². The van der Waals surface area contributed by atoms with Crippen LogP contribution in [0.4, 0.5) is 5.82 Å². The van der Waals surface area contributed by atoms with Gasteiger partial charge in [-0.15, -0.1) is 0 Å². The highest BCUT2D eigenvalue weighted by molar-refractivity contribution is 9.10. The number of anilines is 1. The summed E-state index contributed by atoms with van der Waals surface area (Å²) in [6.45, 7) is 0. The first-order valence-corrected chi connectivity index (χ1v) is 9.12. The predicted molar refractivity (Wildman–Crippen MR) is 79.3 cm³/mol. The number of nitrogens with one attached hydrogen (secondary N) is 1. The molecule has 1 aliphatic carbocycles.